The maximum absolute atomic E-state index is 14.4. The Labute approximate surface area is 246 Å². The van der Waals surface area contributed by atoms with Gasteiger partial charge >= 0.3 is 0 Å². The number of aliphatic hydroxyl groups excluding tert-OH is 1. The van der Waals surface area contributed by atoms with Gasteiger partial charge in [-0.3, -0.25) is 9.69 Å². The van der Waals surface area contributed by atoms with Gasteiger partial charge in [-0.2, -0.15) is 0 Å². The predicted octanol–water partition coefficient (Wildman–Crippen LogP) is 3.00. The van der Waals surface area contributed by atoms with Gasteiger partial charge in [-0.1, -0.05) is 99.6 Å². The number of fused-ring (bicyclic) bond motifs is 4. The van der Waals surface area contributed by atoms with E-state index in [2.05, 4.69) is 45.0 Å². The smallest absolute Gasteiger partial charge is 0.267 e. The van der Waals surface area contributed by atoms with Gasteiger partial charge in [-0.05, 0) is 35.3 Å². The summed E-state index contributed by atoms with van der Waals surface area (Å²) in [6.07, 6.45) is -4.20. The van der Waals surface area contributed by atoms with Crippen molar-refractivity contribution in [1.82, 2.24) is 0 Å². The van der Waals surface area contributed by atoms with Gasteiger partial charge in [0.1, 0.15) is 24.4 Å². The van der Waals surface area contributed by atoms with Crippen LogP contribution in [0.4, 0.5) is 5.69 Å². The average molecular weight is 588 g/mol. The fourth-order valence-corrected chi connectivity index (χ4v) is 12.3. The third kappa shape index (κ3) is 3.47. The molecule has 1 spiro atoms. The van der Waals surface area contributed by atoms with Crippen LogP contribution < -0.4 is 15.3 Å². The fourth-order valence-electron chi connectivity index (χ4n) is 7.75. The summed E-state index contributed by atoms with van der Waals surface area (Å²) in [5.74, 6) is -1.61. The van der Waals surface area contributed by atoms with Crippen molar-refractivity contribution in [2.45, 2.75) is 81.2 Å². The Morgan fingerprint density at radius 3 is 2.10 bits per heavy atom. The van der Waals surface area contributed by atoms with Crippen molar-refractivity contribution in [3.05, 3.63) is 90.5 Å². The lowest BCUT2D eigenvalue weighted by Gasteiger charge is -2.43. The van der Waals surface area contributed by atoms with Crippen LogP contribution in [-0.2, 0) is 23.4 Å². The number of hydrogen-bond donors (Lipinski definition) is 2. The third-order valence-corrected chi connectivity index (χ3v) is 14.3. The van der Waals surface area contributed by atoms with Crippen LogP contribution in [0.2, 0.25) is 5.04 Å². The number of amides is 1. The standard InChI is InChI=1S/C33H37NO7Si/c1-30(2,3)42(21-14-8-6-9-15-21,22-16-10-7-11-17-22)38-20-25-27-32(41-31(4,5)40-27)28(39-25)33(37)26(35)23-18-12-13-19-24(23)34(33)29(32)36/h6-19,25-28,35,37H,20H2,1-5H3/t25-,26?,27-,28-,32-,33?/m0/s1. The molecule has 0 bridgehead atoms. The lowest BCUT2D eigenvalue weighted by Crippen LogP contribution is -2.67. The van der Waals surface area contributed by atoms with Crippen molar-refractivity contribution in [2.75, 3.05) is 11.5 Å². The van der Waals surface area contributed by atoms with Crippen molar-refractivity contribution in [3.63, 3.8) is 0 Å². The lowest BCUT2D eigenvalue weighted by atomic mass is 9.86. The Hall–Kier alpha value is -2.89. The van der Waals surface area contributed by atoms with E-state index in [0.29, 0.717) is 11.3 Å². The molecule has 42 heavy (non-hydrogen) atoms. The number of carbonyl (C=O) groups excluding carboxylic acids is 1. The molecular formula is C33H37NO7Si. The maximum atomic E-state index is 14.4. The van der Waals surface area contributed by atoms with Gasteiger partial charge < -0.3 is 28.8 Å². The number of ether oxygens (including phenoxy) is 3. The van der Waals surface area contributed by atoms with Crippen molar-refractivity contribution < 1.29 is 33.6 Å². The Kier molecular flexibility index (Phi) is 6.02. The van der Waals surface area contributed by atoms with E-state index in [9.17, 15) is 15.0 Å². The van der Waals surface area contributed by atoms with E-state index in [-0.39, 0.29) is 11.6 Å². The molecule has 8 nitrogen and oxygen atoms in total. The molecule has 2 N–H and O–H groups in total. The molecule has 3 saturated heterocycles. The minimum atomic E-state index is -2.95. The fraction of sp³-hybridized carbons (Fsp3) is 0.424. The Morgan fingerprint density at radius 1 is 0.929 bits per heavy atom. The highest BCUT2D eigenvalue weighted by Crippen LogP contribution is 2.62. The minimum absolute atomic E-state index is 0.0992. The summed E-state index contributed by atoms with van der Waals surface area (Å²) in [7, 11) is -2.95. The van der Waals surface area contributed by atoms with E-state index >= 15 is 0 Å². The van der Waals surface area contributed by atoms with Crippen LogP contribution in [0.3, 0.4) is 0 Å². The first-order chi connectivity index (χ1) is 19.9. The van der Waals surface area contributed by atoms with Crippen molar-refractivity contribution >= 4 is 30.3 Å². The molecule has 0 saturated carbocycles. The summed E-state index contributed by atoms with van der Waals surface area (Å²) in [6.45, 7) is 10.2. The van der Waals surface area contributed by atoms with Gasteiger partial charge in [-0.15, -0.1) is 0 Å². The van der Waals surface area contributed by atoms with Crippen molar-refractivity contribution in [1.29, 1.82) is 0 Å². The number of rotatable bonds is 5. The molecule has 9 heteroatoms. The van der Waals surface area contributed by atoms with E-state index in [1.165, 1.54) is 4.90 Å². The molecule has 4 aliphatic rings. The molecule has 4 heterocycles. The first-order valence-corrected chi connectivity index (χ1v) is 16.4. The van der Waals surface area contributed by atoms with E-state index in [1.807, 2.05) is 36.4 Å². The zero-order valence-corrected chi connectivity index (χ0v) is 25.5. The topological polar surface area (TPSA) is 97.7 Å². The summed E-state index contributed by atoms with van der Waals surface area (Å²) in [5, 5.41) is 25.5. The normalized spacial score (nSPS) is 32.9. The zero-order valence-electron chi connectivity index (χ0n) is 24.5. The SMILES string of the molecule is CC1(C)O[C@H]2[C@H](CO[Si](c3ccccc3)(c3ccccc3)C(C)(C)C)O[C@@H]3C4(O)C(O)c5ccccc5N4C(=O)[C@@]32O1. The van der Waals surface area contributed by atoms with Gasteiger partial charge in [0, 0.05) is 5.56 Å². The molecule has 220 valence electrons. The van der Waals surface area contributed by atoms with Gasteiger partial charge in [0.15, 0.2) is 5.79 Å². The molecule has 3 aromatic rings. The second-order valence-corrected chi connectivity index (χ2v) is 17.6. The Bertz CT molecular complexity index is 1490. The lowest BCUT2D eigenvalue weighted by molar-refractivity contribution is -0.229. The summed E-state index contributed by atoms with van der Waals surface area (Å²) in [4.78, 5) is 15.6. The number of benzene rings is 3. The van der Waals surface area contributed by atoms with E-state index in [1.54, 1.807) is 38.1 Å². The number of nitrogens with zero attached hydrogens (tertiary/aromatic N) is 1. The monoisotopic (exact) mass is 587 g/mol. The van der Waals surface area contributed by atoms with E-state index in [0.717, 1.165) is 10.4 Å². The second kappa shape index (κ2) is 9.06. The number of hydrogen-bond acceptors (Lipinski definition) is 7. The highest BCUT2D eigenvalue weighted by molar-refractivity contribution is 6.99. The van der Waals surface area contributed by atoms with Gasteiger partial charge in [0.05, 0.1) is 12.3 Å². The zero-order chi connectivity index (χ0) is 29.7. The van der Waals surface area contributed by atoms with Gasteiger partial charge in [0.25, 0.3) is 14.2 Å². The molecule has 7 rings (SSSR count). The van der Waals surface area contributed by atoms with Crippen LogP contribution in [0.15, 0.2) is 84.9 Å². The first kappa shape index (κ1) is 27.9. The molecule has 0 radical (unpaired) electrons. The van der Waals surface area contributed by atoms with E-state index in [4.69, 9.17) is 18.6 Å². The van der Waals surface area contributed by atoms with Crippen LogP contribution in [0.1, 0.15) is 46.3 Å². The van der Waals surface area contributed by atoms with Crippen LogP contribution >= 0.6 is 0 Å². The molecule has 4 aliphatic heterocycles. The van der Waals surface area contributed by atoms with Crippen molar-refractivity contribution in [2.24, 2.45) is 0 Å². The molecule has 3 aromatic carbocycles. The Balaban J connectivity index is 1.30. The minimum Gasteiger partial charge on any atom is -0.405 e. The van der Waals surface area contributed by atoms with Crippen molar-refractivity contribution in [3.8, 4) is 0 Å². The highest BCUT2D eigenvalue weighted by atomic mass is 28.4. The summed E-state index contributed by atoms with van der Waals surface area (Å²) >= 11 is 0. The molecule has 0 aliphatic carbocycles. The number of carbonyl (C=O) groups is 1. The maximum Gasteiger partial charge on any atom is 0.267 e. The molecule has 0 aromatic heterocycles. The quantitative estimate of drug-likeness (QED) is 0.443. The second-order valence-electron chi connectivity index (χ2n) is 13.2. The molecular weight excluding hydrogens is 550 g/mol. The highest BCUT2D eigenvalue weighted by Gasteiger charge is 2.84. The van der Waals surface area contributed by atoms with Crippen LogP contribution in [0, 0.1) is 0 Å². The van der Waals surface area contributed by atoms with Crippen LogP contribution in [0.25, 0.3) is 0 Å². The number of aliphatic hydroxyl groups is 2. The summed E-state index contributed by atoms with van der Waals surface area (Å²) < 4.78 is 26.6. The van der Waals surface area contributed by atoms with Crippen LogP contribution in [0.5, 0.6) is 0 Å². The first-order valence-electron chi connectivity index (χ1n) is 14.5. The predicted molar refractivity (Wildman–Crippen MR) is 159 cm³/mol. The van der Waals surface area contributed by atoms with E-state index < -0.39 is 55.8 Å². The molecule has 6 atom stereocenters. The summed E-state index contributed by atoms with van der Waals surface area (Å²) in [5.41, 5.74) is -2.80. The largest absolute Gasteiger partial charge is 0.405 e. The third-order valence-electron chi connectivity index (χ3n) is 9.32. The number of anilines is 1. The van der Waals surface area contributed by atoms with Gasteiger partial charge in [0.2, 0.25) is 11.3 Å². The molecule has 2 unspecified atom stereocenters. The van der Waals surface area contributed by atoms with Gasteiger partial charge in [-0.25, -0.2) is 0 Å². The summed E-state index contributed by atoms with van der Waals surface area (Å²) in [6, 6.07) is 27.5. The van der Waals surface area contributed by atoms with Crippen LogP contribution in [-0.4, -0.2) is 66.5 Å². The molecule has 3 fully saturated rings. The molecule has 1 amide bonds. The average Bonchev–Trinajstić information content (AvgIpc) is 3.55. The Morgan fingerprint density at radius 2 is 1.50 bits per heavy atom. The number of para-hydroxylation sites is 1.